The van der Waals surface area contributed by atoms with E-state index in [1.807, 2.05) is 57.2 Å². The standard InChI is InChI=1S/C31H36N6O3/c1-31(2,3)19-28(39)37(6)21-10-11-22-23(12-13-27(38)36(4)5)29(34-26(22)18-21)35-30(40)25-9-7-8-24(33-25)20-14-16-32-17-15-20/h7-11,14-18,34H,12-13,19H2,1-6H3,(H,35,40). The number of hydrogen-bond acceptors (Lipinski definition) is 5. The van der Waals surface area contributed by atoms with Crippen molar-refractivity contribution in [1.29, 1.82) is 0 Å². The van der Waals surface area contributed by atoms with Crippen LogP contribution in [-0.4, -0.2) is 58.7 Å². The van der Waals surface area contributed by atoms with E-state index in [0.29, 0.717) is 24.4 Å². The first kappa shape index (κ1) is 28.5. The van der Waals surface area contributed by atoms with Crippen LogP contribution < -0.4 is 10.2 Å². The van der Waals surface area contributed by atoms with E-state index in [0.717, 1.165) is 27.7 Å². The van der Waals surface area contributed by atoms with Gasteiger partial charge in [-0.15, -0.1) is 0 Å². The van der Waals surface area contributed by atoms with E-state index in [4.69, 9.17) is 0 Å². The molecule has 40 heavy (non-hydrogen) atoms. The monoisotopic (exact) mass is 540 g/mol. The Morgan fingerprint density at radius 1 is 0.950 bits per heavy atom. The summed E-state index contributed by atoms with van der Waals surface area (Å²) in [6, 6.07) is 14.7. The van der Waals surface area contributed by atoms with Gasteiger partial charge in [-0.1, -0.05) is 32.9 Å². The smallest absolute Gasteiger partial charge is 0.275 e. The van der Waals surface area contributed by atoms with E-state index >= 15 is 0 Å². The number of pyridine rings is 2. The lowest BCUT2D eigenvalue weighted by atomic mass is 9.91. The van der Waals surface area contributed by atoms with Crippen LogP contribution in [0.1, 0.15) is 49.7 Å². The van der Waals surface area contributed by atoms with Crippen molar-refractivity contribution < 1.29 is 14.4 Å². The zero-order chi connectivity index (χ0) is 29.0. The highest BCUT2D eigenvalue weighted by molar-refractivity contribution is 6.06. The molecule has 0 aliphatic rings. The van der Waals surface area contributed by atoms with Gasteiger partial charge in [-0.2, -0.15) is 0 Å². The molecule has 3 amide bonds. The number of nitrogens with one attached hydrogen (secondary N) is 2. The lowest BCUT2D eigenvalue weighted by molar-refractivity contribution is -0.128. The molecule has 0 fully saturated rings. The number of carbonyl (C=O) groups excluding carboxylic acids is 3. The van der Waals surface area contributed by atoms with Crippen molar-refractivity contribution >= 4 is 40.1 Å². The molecule has 0 saturated carbocycles. The summed E-state index contributed by atoms with van der Waals surface area (Å²) < 4.78 is 0. The third kappa shape index (κ3) is 6.72. The highest BCUT2D eigenvalue weighted by Crippen LogP contribution is 2.32. The molecule has 2 N–H and O–H groups in total. The Kier molecular flexibility index (Phi) is 8.32. The lowest BCUT2D eigenvalue weighted by Gasteiger charge is -2.23. The van der Waals surface area contributed by atoms with E-state index in [-0.39, 0.29) is 35.3 Å². The Balaban J connectivity index is 1.66. The van der Waals surface area contributed by atoms with E-state index < -0.39 is 0 Å². The average molecular weight is 541 g/mol. The molecule has 1 aromatic carbocycles. The normalized spacial score (nSPS) is 11.3. The van der Waals surface area contributed by atoms with Crippen LogP contribution >= 0.6 is 0 Å². The van der Waals surface area contributed by atoms with Crippen molar-refractivity contribution in [3.8, 4) is 11.3 Å². The summed E-state index contributed by atoms with van der Waals surface area (Å²) in [4.78, 5) is 53.7. The number of aromatic nitrogens is 3. The van der Waals surface area contributed by atoms with Gasteiger partial charge >= 0.3 is 0 Å². The number of hydrogen-bond donors (Lipinski definition) is 2. The van der Waals surface area contributed by atoms with Gasteiger partial charge in [0.15, 0.2) is 0 Å². The molecular weight excluding hydrogens is 504 g/mol. The van der Waals surface area contributed by atoms with Crippen molar-refractivity contribution in [1.82, 2.24) is 19.9 Å². The van der Waals surface area contributed by atoms with Crippen LogP contribution in [0.3, 0.4) is 0 Å². The van der Waals surface area contributed by atoms with Crippen molar-refractivity contribution in [2.45, 2.75) is 40.0 Å². The summed E-state index contributed by atoms with van der Waals surface area (Å²) in [7, 11) is 5.20. The predicted molar refractivity (Wildman–Crippen MR) is 158 cm³/mol. The third-order valence-electron chi connectivity index (χ3n) is 6.62. The number of nitrogens with zero attached hydrogens (tertiary/aromatic N) is 4. The number of anilines is 2. The fraction of sp³-hybridized carbons (Fsp3) is 0.323. The molecule has 0 aliphatic heterocycles. The highest BCUT2D eigenvalue weighted by Gasteiger charge is 2.22. The molecule has 4 aromatic rings. The van der Waals surface area contributed by atoms with Crippen LogP contribution in [0.5, 0.6) is 0 Å². The van der Waals surface area contributed by atoms with Crippen molar-refractivity contribution in [3.05, 3.63) is 72.2 Å². The molecule has 0 saturated heterocycles. The maximum Gasteiger partial charge on any atom is 0.275 e. The quantitative estimate of drug-likeness (QED) is 0.315. The van der Waals surface area contributed by atoms with Crippen LogP contribution in [-0.2, 0) is 16.0 Å². The minimum atomic E-state index is -0.375. The number of benzene rings is 1. The van der Waals surface area contributed by atoms with E-state index in [1.165, 1.54) is 0 Å². The van der Waals surface area contributed by atoms with Crippen LogP contribution in [0.2, 0.25) is 0 Å². The first-order valence-corrected chi connectivity index (χ1v) is 13.2. The van der Waals surface area contributed by atoms with Crippen LogP contribution in [0.25, 0.3) is 22.2 Å². The van der Waals surface area contributed by atoms with E-state index in [9.17, 15) is 14.4 Å². The number of aryl methyl sites for hydroxylation is 1. The molecule has 0 radical (unpaired) electrons. The van der Waals surface area contributed by atoms with Gasteiger partial charge in [-0.3, -0.25) is 19.4 Å². The van der Waals surface area contributed by atoms with E-state index in [1.54, 1.807) is 55.5 Å². The third-order valence-corrected chi connectivity index (χ3v) is 6.62. The summed E-state index contributed by atoms with van der Waals surface area (Å²) in [6.45, 7) is 6.10. The van der Waals surface area contributed by atoms with Gasteiger partial charge in [0.25, 0.3) is 5.91 Å². The zero-order valence-corrected chi connectivity index (χ0v) is 23.9. The molecule has 0 atom stereocenters. The van der Waals surface area contributed by atoms with Gasteiger partial charge in [-0.25, -0.2) is 4.98 Å². The second-order valence-corrected chi connectivity index (χ2v) is 11.3. The second kappa shape index (κ2) is 11.7. The van der Waals surface area contributed by atoms with Gasteiger partial charge in [0.05, 0.1) is 5.69 Å². The van der Waals surface area contributed by atoms with E-state index in [2.05, 4.69) is 20.3 Å². The Morgan fingerprint density at radius 2 is 1.68 bits per heavy atom. The molecule has 3 heterocycles. The molecule has 0 bridgehead atoms. The fourth-order valence-electron chi connectivity index (χ4n) is 4.41. The number of carbonyl (C=O) groups is 3. The fourth-order valence-corrected chi connectivity index (χ4v) is 4.41. The molecule has 0 unspecified atom stereocenters. The van der Waals surface area contributed by atoms with Crippen LogP contribution in [0.15, 0.2) is 60.9 Å². The van der Waals surface area contributed by atoms with Gasteiger partial charge in [0, 0.05) is 74.1 Å². The lowest BCUT2D eigenvalue weighted by Crippen LogP contribution is -2.29. The van der Waals surface area contributed by atoms with Gasteiger partial charge in [0.1, 0.15) is 11.5 Å². The summed E-state index contributed by atoms with van der Waals surface area (Å²) in [5.74, 6) is 0.134. The molecule has 208 valence electrons. The molecule has 9 nitrogen and oxygen atoms in total. The Bertz CT molecular complexity index is 1540. The highest BCUT2D eigenvalue weighted by atomic mass is 16.2. The number of rotatable bonds is 8. The number of aromatic amines is 1. The minimum Gasteiger partial charge on any atom is -0.349 e. The Morgan fingerprint density at radius 3 is 2.35 bits per heavy atom. The molecule has 0 aliphatic carbocycles. The summed E-state index contributed by atoms with van der Waals surface area (Å²) >= 11 is 0. The Hall–Kier alpha value is -4.53. The number of fused-ring (bicyclic) bond motifs is 1. The number of H-pyrrole nitrogens is 1. The molecular formula is C31H36N6O3. The Labute approximate surface area is 234 Å². The largest absolute Gasteiger partial charge is 0.349 e. The minimum absolute atomic E-state index is 0.0116. The maximum absolute atomic E-state index is 13.3. The van der Waals surface area contributed by atoms with Gasteiger partial charge in [-0.05, 0) is 48.2 Å². The SMILES string of the molecule is CN(C)C(=O)CCc1c(NC(=O)c2cccc(-c3ccncc3)n2)[nH]c2cc(N(C)C(=O)CC(C)(C)C)ccc12. The summed E-state index contributed by atoms with van der Waals surface area (Å²) in [6.07, 6.45) is 4.48. The summed E-state index contributed by atoms with van der Waals surface area (Å²) in [5.41, 5.74) is 3.97. The van der Waals surface area contributed by atoms with Crippen LogP contribution in [0.4, 0.5) is 11.5 Å². The predicted octanol–water partition coefficient (Wildman–Crippen LogP) is 5.30. The van der Waals surface area contributed by atoms with Crippen molar-refractivity contribution in [2.24, 2.45) is 5.41 Å². The molecule has 3 aromatic heterocycles. The van der Waals surface area contributed by atoms with Crippen molar-refractivity contribution in [3.63, 3.8) is 0 Å². The molecule has 0 spiro atoms. The first-order chi connectivity index (χ1) is 18.9. The number of amides is 3. The van der Waals surface area contributed by atoms with Gasteiger partial charge < -0.3 is 20.1 Å². The second-order valence-electron chi connectivity index (χ2n) is 11.3. The molecule has 4 rings (SSSR count). The van der Waals surface area contributed by atoms with Crippen LogP contribution in [0, 0.1) is 5.41 Å². The maximum atomic E-state index is 13.3. The topological polar surface area (TPSA) is 111 Å². The summed E-state index contributed by atoms with van der Waals surface area (Å²) in [5, 5.41) is 3.85. The van der Waals surface area contributed by atoms with Crippen molar-refractivity contribution in [2.75, 3.05) is 31.4 Å². The zero-order valence-electron chi connectivity index (χ0n) is 23.9. The average Bonchev–Trinajstić information content (AvgIpc) is 3.26. The van der Waals surface area contributed by atoms with Gasteiger partial charge in [0.2, 0.25) is 11.8 Å². The first-order valence-electron chi connectivity index (χ1n) is 13.2. The molecule has 9 heteroatoms.